The highest BCUT2D eigenvalue weighted by molar-refractivity contribution is 5.10. The number of nitrogens with two attached hydrogens (primary N) is 1. The molecule has 108 valence electrons. The quantitative estimate of drug-likeness (QED) is 0.634. The van der Waals surface area contributed by atoms with Gasteiger partial charge in [0.15, 0.2) is 0 Å². The summed E-state index contributed by atoms with van der Waals surface area (Å²) < 4.78 is 1.99. The van der Waals surface area contributed by atoms with Gasteiger partial charge in [0.05, 0.1) is 5.69 Å². The average molecular weight is 264 g/mol. The average Bonchev–Trinajstić information content (AvgIpc) is 2.74. The van der Waals surface area contributed by atoms with Gasteiger partial charge < -0.3 is 0 Å². The molecule has 4 heteroatoms. The lowest BCUT2D eigenvalue weighted by Crippen LogP contribution is -2.44. The fourth-order valence-corrected chi connectivity index (χ4v) is 3.51. The van der Waals surface area contributed by atoms with E-state index in [0.29, 0.717) is 12.0 Å². The first-order valence-corrected chi connectivity index (χ1v) is 7.59. The molecule has 0 aliphatic heterocycles. The van der Waals surface area contributed by atoms with Gasteiger partial charge in [0.2, 0.25) is 0 Å². The number of hydrazine groups is 1. The summed E-state index contributed by atoms with van der Waals surface area (Å²) >= 11 is 0. The Balaban J connectivity index is 2.01. The van der Waals surface area contributed by atoms with Crippen LogP contribution in [-0.2, 0) is 13.5 Å². The van der Waals surface area contributed by atoms with E-state index < -0.39 is 0 Å². The van der Waals surface area contributed by atoms with Crippen LogP contribution in [0.4, 0.5) is 0 Å². The molecule has 1 aromatic heterocycles. The number of hydrogen-bond acceptors (Lipinski definition) is 3. The van der Waals surface area contributed by atoms with Gasteiger partial charge in [-0.25, -0.2) is 0 Å². The molecular formula is C15H28N4. The van der Waals surface area contributed by atoms with Gasteiger partial charge in [0.25, 0.3) is 0 Å². The highest BCUT2D eigenvalue weighted by Crippen LogP contribution is 2.33. The molecule has 0 bridgehead atoms. The molecule has 0 spiro atoms. The van der Waals surface area contributed by atoms with E-state index in [1.807, 2.05) is 18.7 Å². The minimum Gasteiger partial charge on any atom is -0.272 e. The molecule has 1 aliphatic carbocycles. The van der Waals surface area contributed by atoms with Gasteiger partial charge in [-0.3, -0.25) is 16.0 Å². The van der Waals surface area contributed by atoms with Crippen molar-refractivity contribution < 1.29 is 0 Å². The van der Waals surface area contributed by atoms with Gasteiger partial charge >= 0.3 is 0 Å². The largest absolute Gasteiger partial charge is 0.272 e. The second kappa shape index (κ2) is 6.53. The van der Waals surface area contributed by atoms with Crippen molar-refractivity contribution >= 4 is 0 Å². The van der Waals surface area contributed by atoms with Gasteiger partial charge in [-0.15, -0.1) is 0 Å². The summed E-state index contributed by atoms with van der Waals surface area (Å²) in [4.78, 5) is 0. The first-order chi connectivity index (χ1) is 9.13. The summed E-state index contributed by atoms with van der Waals surface area (Å²) in [6, 6.07) is 2.55. The van der Waals surface area contributed by atoms with Gasteiger partial charge in [0, 0.05) is 25.2 Å². The maximum atomic E-state index is 5.82. The molecule has 1 fully saturated rings. The van der Waals surface area contributed by atoms with Crippen molar-refractivity contribution in [1.82, 2.24) is 15.2 Å². The van der Waals surface area contributed by atoms with Gasteiger partial charge in [0.1, 0.15) is 0 Å². The van der Waals surface area contributed by atoms with Gasteiger partial charge in [-0.2, -0.15) is 5.10 Å². The van der Waals surface area contributed by atoms with E-state index in [9.17, 15) is 0 Å². The third-order valence-corrected chi connectivity index (χ3v) is 4.71. The van der Waals surface area contributed by atoms with Crippen molar-refractivity contribution in [3.05, 3.63) is 17.5 Å². The maximum Gasteiger partial charge on any atom is 0.0596 e. The Morgan fingerprint density at radius 2 is 2.32 bits per heavy atom. The summed E-state index contributed by atoms with van der Waals surface area (Å²) in [5.74, 6) is 7.41. The van der Waals surface area contributed by atoms with E-state index in [0.717, 1.165) is 18.0 Å². The molecule has 1 saturated carbocycles. The zero-order chi connectivity index (χ0) is 13.8. The van der Waals surface area contributed by atoms with Gasteiger partial charge in [-0.05, 0) is 37.7 Å². The highest BCUT2D eigenvalue weighted by Gasteiger charge is 2.27. The molecule has 0 saturated heterocycles. The maximum absolute atomic E-state index is 5.82. The summed E-state index contributed by atoms with van der Waals surface area (Å²) in [5.41, 5.74) is 5.42. The van der Waals surface area contributed by atoms with Crippen LogP contribution in [0, 0.1) is 18.8 Å². The van der Waals surface area contributed by atoms with Crippen LogP contribution in [-0.4, -0.2) is 15.8 Å². The molecule has 0 amide bonds. The topological polar surface area (TPSA) is 55.9 Å². The number of aryl methyl sites for hydroxylation is 2. The standard InChI is InChI=1S/C15H28N4/c1-4-12-6-5-7-13(9-12)15(17-16)10-14-8-11(2)18-19(14)3/h8,12-13,15,17H,4-7,9-10,16H2,1-3H3. The minimum absolute atomic E-state index is 0.379. The summed E-state index contributed by atoms with van der Waals surface area (Å²) in [6.45, 7) is 4.35. The molecule has 2 rings (SSSR count). The van der Waals surface area contributed by atoms with Crippen molar-refractivity contribution in [3.8, 4) is 0 Å². The minimum atomic E-state index is 0.379. The van der Waals surface area contributed by atoms with Crippen LogP contribution in [0.3, 0.4) is 0 Å². The predicted octanol–water partition coefficient (Wildman–Crippen LogP) is 2.32. The lowest BCUT2D eigenvalue weighted by atomic mass is 9.76. The van der Waals surface area contributed by atoms with E-state index in [2.05, 4.69) is 23.5 Å². The second-order valence-electron chi connectivity index (χ2n) is 6.08. The molecule has 1 aliphatic rings. The Labute approximate surface area is 116 Å². The third kappa shape index (κ3) is 3.57. The summed E-state index contributed by atoms with van der Waals surface area (Å²) in [5, 5.41) is 4.42. The molecule has 3 unspecified atom stereocenters. The highest BCUT2D eigenvalue weighted by atomic mass is 15.3. The van der Waals surface area contributed by atoms with Crippen LogP contribution >= 0.6 is 0 Å². The van der Waals surface area contributed by atoms with E-state index in [4.69, 9.17) is 5.84 Å². The smallest absolute Gasteiger partial charge is 0.0596 e. The summed E-state index contributed by atoms with van der Waals surface area (Å²) in [6.07, 6.45) is 7.67. The lowest BCUT2D eigenvalue weighted by Gasteiger charge is -2.34. The monoisotopic (exact) mass is 264 g/mol. The first kappa shape index (κ1) is 14.5. The fraction of sp³-hybridized carbons (Fsp3) is 0.800. The van der Waals surface area contributed by atoms with E-state index in [-0.39, 0.29) is 0 Å². The van der Waals surface area contributed by atoms with E-state index in [1.54, 1.807) is 0 Å². The van der Waals surface area contributed by atoms with Crippen molar-refractivity contribution in [2.75, 3.05) is 0 Å². The molecular weight excluding hydrogens is 236 g/mol. The number of nitrogens with zero attached hydrogens (tertiary/aromatic N) is 2. The first-order valence-electron chi connectivity index (χ1n) is 7.59. The van der Waals surface area contributed by atoms with Crippen LogP contribution in [0.5, 0.6) is 0 Å². The van der Waals surface area contributed by atoms with Crippen LogP contribution < -0.4 is 11.3 Å². The van der Waals surface area contributed by atoms with Crippen molar-refractivity contribution in [1.29, 1.82) is 0 Å². The molecule has 4 nitrogen and oxygen atoms in total. The number of nitrogens with one attached hydrogen (secondary N) is 1. The van der Waals surface area contributed by atoms with E-state index >= 15 is 0 Å². The Morgan fingerprint density at radius 1 is 1.53 bits per heavy atom. The van der Waals surface area contributed by atoms with Gasteiger partial charge in [-0.1, -0.05) is 26.2 Å². The lowest BCUT2D eigenvalue weighted by molar-refractivity contribution is 0.206. The number of rotatable bonds is 5. The van der Waals surface area contributed by atoms with Crippen LogP contribution in [0.1, 0.15) is 50.4 Å². The van der Waals surface area contributed by atoms with Crippen molar-refractivity contribution in [3.63, 3.8) is 0 Å². The van der Waals surface area contributed by atoms with Crippen LogP contribution in [0.15, 0.2) is 6.07 Å². The third-order valence-electron chi connectivity index (χ3n) is 4.71. The zero-order valence-corrected chi connectivity index (χ0v) is 12.5. The van der Waals surface area contributed by atoms with Crippen LogP contribution in [0.25, 0.3) is 0 Å². The zero-order valence-electron chi connectivity index (χ0n) is 12.5. The second-order valence-corrected chi connectivity index (χ2v) is 6.08. The Kier molecular flexibility index (Phi) is 4.99. The molecule has 0 radical (unpaired) electrons. The number of aromatic nitrogens is 2. The molecule has 1 aromatic rings. The van der Waals surface area contributed by atoms with Crippen LogP contribution in [0.2, 0.25) is 0 Å². The Bertz CT molecular complexity index is 399. The molecule has 3 atom stereocenters. The molecule has 3 N–H and O–H groups in total. The predicted molar refractivity (Wildman–Crippen MR) is 78.5 cm³/mol. The summed E-state index contributed by atoms with van der Waals surface area (Å²) in [7, 11) is 2.02. The van der Waals surface area contributed by atoms with E-state index in [1.165, 1.54) is 37.8 Å². The molecule has 0 aromatic carbocycles. The Morgan fingerprint density at radius 3 is 2.89 bits per heavy atom. The van der Waals surface area contributed by atoms with Crippen molar-refractivity contribution in [2.45, 2.75) is 58.4 Å². The molecule has 19 heavy (non-hydrogen) atoms. The van der Waals surface area contributed by atoms with Crippen molar-refractivity contribution in [2.24, 2.45) is 24.7 Å². The Hall–Kier alpha value is -0.870. The normalized spacial score (nSPS) is 25.5. The fourth-order valence-electron chi connectivity index (χ4n) is 3.51. The molecule has 1 heterocycles. The SMILES string of the molecule is CCC1CCCC(C(Cc2cc(C)nn2C)NN)C1. The number of hydrogen-bond donors (Lipinski definition) is 2.